The van der Waals surface area contributed by atoms with Crippen LogP contribution in [0.5, 0.6) is 5.75 Å². The Morgan fingerprint density at radius 3 is 2.47 bits per heavy atom. The predicted molar refractivity (Wildman–Crippen MR) is 141 cm³/mol. The summed E-state index contributed by atoms with van der Waals surface area (Å²) in [5, 5.41) is 2.93. The zero-order chi connectivity index (χ0) is 27.2. The van der Waals surface area contributed by atoms with Crippen LogP contribution in [0.1, 0.15) is 25.2 Å². The summed E-state index contributed by atoms with van der Waals surface area (Å²) in [4.78, 5) is 33.5. The molecular formula is C28H28F2N4O4. The summed E-state index contributed by atoms with van der Waals surface area (Å²) in [6.07, 6.45) is 0.379. The maximum atomic E-state index is 14.3. The minimum atomic E-state index is -0.905. The molecule has 4 rings (SSSR count). The highest BCUT2D eigenvalue weighted by Crippen LogP contribution is 2.28. The van der Waals surface area contributed by atoms with Crippen molar-refractivity contribution in [3.8, 4) is 11.4 Å². The minimum absolute atomic E-state index is 0.120. The van der Waals surface area contributed by atoms with Crippen LogP contribution in [0.2, 0.25) is 0 Å². The molecule has 0 bridgehead atoms. The molecule has 0 aliphatic heterocycles. The number of nitrogens with one attached hydrogen (secondary N) is 1. The van der Waals surface area contributed by atoms with Crippen molar-refractivity contribution in [2.45, 2.75) is 19.4 Å². The van der Waals surface area contributed by atoms with Crippen molar-refractivity contribution in [2.24, 2.45) is 0 Å². The molecule has 1 unspecified atom stereocenters. The molecule has 0 aliphatic rings. The monoisotopic (exact) mass is 522 g/mol. The van der Waals surface area contributed by atoms with Gasteiger partial charge in [0.1, 0.15) is 23.2 Å². The largest absolute Gasteiger partial charge is 0.497 e. The highest BCUT2D eigenvalue weighted by Gasteiger charge is 2.29. The van der Waals surface area contributed by atoms with Crippen molar-refractivity contribution < 1.29 is 23.0 Å². The third-order valence-corrected chi connectivity index (χ3v) is 6.16. The van der Waals surface area contributed by atoms with Gasteiger partial charge in [-0.25, -0.2) is 18.6 Å². The zero-order valence-electron chi connectivity index (χ0n) is 21.3. The third-order valence-electron chi connectivity index (χ3n) is 6.16. The average Bonchev–Trinajstić information content (AvgIpc) is 2.92. The van der Waals surface area contributed by atoms with E-state index in [1.165, 1.54) is 16.6 Å². The normalized spacial score (nSPS) is 11.8. The predicted octanol–water partition coefficient (Wildman–Crippen LogP) is 5.30. The van der Waals surface area contributed by atoms with Crippen molar-refractivity contribution in [3.63, 3.8) is 0 Å². The molecule has 3 aromatic carbocycles. The van der Waals surface area contributed by atoms with Crippen molar-refractivity contribution in [3.05, 3.63) is 94.5 Å². The molecule has 0 fully saturated rings. The summed E-state index contributed by atoms with van der Waals surface area (Å²) < 4.78 is 39.7. The topological polar surface area (TPSA) is 85.7 Å². The van der Waals surface area contributed by atoms with Crippen LogP contribution in [0.4, 0.5) is 19.3 Å². The second-order valence-electron chi connectivity index (χ2n) is 8.49. The number of halogens is 2. The Labute approximate surface area is 218 Å². The number of rotatable bonds is 9. The van der Waals surface area contributed by atoms with E-state index in [1.807, 2.05) is 6.92 Å². The fourth-order valence-corrected chi connectivity index (χ4v) is 4.26. The van der Waals surface area contributed by atoms with E-state index >= 15 is 0 Å². The van der Waals surface area contributed by atoms with Crippen molar-refractivity contribution in [2.75, 3.05) is 32.7 Å². The van der Waals surface area contributed by atoms with Gasteiger partial charge < -0.3 is 19.7 Å². The van der Waals surface area contributed by atoms with Crippen LogP contribution >= 0.6 is 0 Å². The molecule has 38 heavy (non-hydrogen) atoms. The first-order chi connectivity index (χ1) is 18.4. The number of aromatic nitrogens is 2. The van der Waals surface area contributed by atoms with E-state index in [9.17, 15) is 18.4 Å². The van der Waals surface area contributed by atoms with Gasteiger partial charge in [0.05, 0.1) is 42.0 Å². The van der Waals surface area contributed by atoms with E-state index in [4.69, 9.17) is 14.5 Å². The zero-order valence-corrected chi connectivity index (χ0v) is 21.3. The summed E-state index contributed by atoms with van der Waals surface area (Å²) in [7, 11) is 3.05. The summed E-state index contributed by atoms with van der Waals surface area (Å²) in [5.41, 5.74) is 0.546. The molecule has 4 aromatic rings. The molecular weight excluding hydrogens is 494 g/mol. The van der Waals surface area contributed by atoms with Gasteiger partial charge in [-0.15, -0.1) is 0 Å². The van der Waals surface area contributed by atoms with Crippen LogP contribution in [0.15, 0.2) is 71.5 Å². The number of ether oxygens (including phenoxy) is 2. The Kier molecular flexibility index (Phi) is 8.32. The maximum absolute atomic E-state index is 14.3. The highest BCUT2D eigenvalue weighted by molar-refractivity contribution is 5.89. The lowest BCUT2D eigenvalue weighted by atomic mass is 10.1. The molecule has 1 heterocycles. The molecule has 0 aliphatic carbocycles. The van der Waals surface area contributed by atoms with Crippen LogP contribution < -0.4 is 15.6 Å². The van der Waals surface area contributed by atoms with E-state index in [1.54, 1.807) is 55.6 Å². The smallest absolute Gasteiger partial charge is 0.322 e. The third kappa shape index (κ3) is 5.50. The summed E-state index contributed by atoms with van der Waals surface area (Å²) >= 11 is 0. The number of hydrogen-bond acceptors (Lipinski definition) is 5. The molecule has 0 saturated heterocycles. The lowest BCUT2D eigenvalue weighted by Crippen LogP contribution is -2.42. The Morgan fingerprint density at radius 2 is 1.82 bits per heavy atom. The van der Waals surface area contributed by atoms with Gasteiger partial charge in [0.15, 0.2) is 0 Å². The van der Waals surface area contributed by atoms with Crippen LogP contribution in [-0.2, 0) is 4.74 Å². The number of para-hydroxylation sites is 1. The van der Waals surface area contributed by atoms with E-state index < -0.39 is 23.7 Å². The number of nitrogens with zero attached hydrogens (tertiary/aromatic N) is 3. The number of methoxy groups -OCH3 is 2. The van der Waals surface area contributed by atoms with Gasteiger partial charge in [0.25, 0.3) is 5.56 Å². The fourth-order valence-electron chi connectivity index (χ4n) is 4.26. The van der Waals surface area contributed by atoms with Gasteiger partial charge in [0, 0.05) is 19.7 Å². The Morgan fingerprint density at radius 1 is 1.08 bits per heavy atom. The quantitative estimate of drug-likeness (QED) is 0.322. The summed E-state index contributed by atoms with van der Waals surface area (Å²) in [6.45, 7) is 2.15. The lowest BCUT2D eigenvalue weighted by Gasteiger charge is -2.32. The number of urea groups is 1. The second kappa shape index (κ2) is 11.8. The molecule has 1 aromatic heterocycles. The van der Waals surface area contributed by atoms with E-state index in [2.05, 4.69) is 5.32 Å². The van der Waals surface area contributed by atoms with Crippen LogP contribution in [-0.4, -0.2) is 47.9 Å². The van der Waals surface area contributed by atoms with Gasteiger partial charge in [-0.2, -0.15) is 0 Å². The standard InChI is InChI=1S/C28H28F2N4O4/c1-4-25(33(15-16-37-2)28(36)32-24-14-9-18(29)17-22(24)30)26-31-23-8-6-5-7-21(23)27(35)34(26)19-10-12-20(38-3)13-11-19/h5-14,17,25H,4,15-16H2,1-3H3,(H,32,36). The number of carbonyl (C=O) groups excluding carboxylic acids is 1. The molecule has 1 atom stereocenters. The average molecular weight is 523 g/mol. The highest BCUT2D eigenvalue weighted by atomic mass is 19.1. The van der Waals surface area contributed by atoms with Gasteiger partial charge in [0.2, 0.25) is 0 Å². The van der Waals surface area contributed by atoms with Crippen LogP contribution in [0, 0.1) is 11.6 Å². The van der Waals surface area contributed by atoms with Gasteiger partial charge in [-0.05, 0) is 55.0 Å². The van der Waals surface area contributed by atoms with E-state index in [0.717, 1.165) is 12.1 Å². The minimum Gasteiger partial charge on any atom is -0.497 e. The molecule has 10 heteroatoms. The molecule has 0 radical (unpaired) electrons. The molecule has 0 saturated carbocycles. The second-order valence-corrected chi connectivity index (χ2v) is 8.49. The SMILES string of the molecule is CCC(c1nc2ccccc2c(=O)n1-c1ccc(OC)cc1)N(CCOC)C(=O)Nc1ccc(F)cc1F. The first-order valence-electron chi connectivity index (χ1n) is 12.1. The molecule has 198 valence electrons. The van der Waals surface area contributed by atoms with Gasteiger partial charge in [-0.1, -0.05) is 19.1 Å². The first-order valence-corrected chi connectivity index (χ1v) is 12.1. The van der Waals surface area contributed by atoms with Gasteiger partial charge in [-0.3, -0.25) is 9.36 Å². The number of anilines is 1. The van der Waals surface area contributed by atoms with E-state index in [-0.39, 0.29) is 24.4 Å². The van der Waals surface area contributed by atoms with Crippen LogP contribution in [0.3, 0.4) is 0 Å². The molecule has 0 spiro atoms. The van der Waals surface area contributed by atoms with Gasteiger partial charge >= 0.3 is 6.03 Å². The number of benzene rings is 3. The molecule has 2 amide bonds. The van der Waals surface area contributed by atoms with Crippen molar-refractivity contribution in [1.82, 2.24) is 14.5 Å². The fraction of sp³-hybridized carbons (Fsp3) is 0.250. The summed E-state index contributed by atoms with van der Waals surface area (Å²) in [6, 6.07) is 15.5. The Balaban J connectivity index is 1.86. The first kappa shape index (κ1) is 26.7. The number of hydrogen-bond donors (Lipinski definition) is 1. The number of carbonyl (C=O) groups is 1. The Bertz CT molecular complexity index is 1490. The van der Waals surface area contributed by atoms with Crippen molar-refractivity contribution in [1.29, 1.82) is 0 Å². The molecule has 8 nitrogen and oxygen atoms in total. The molecule has 1 N–H and O–H groups in total. The van der Waals surface area contributed by atoms with E-state index in [0.29, 0.717) is 40.7 Å². The number of amides is 2. The summed E-state index contributed by atoms with van der Waals surface area (Å²) in [5.74, 6) is -0.720. The Hall–Kier alpha value is -4.31. The lowest BCUT2D eigenvalue weighted by molar-refractivity contribution is 0.131. The van der Waals surface area contributed by atoms with Crippen molar-refractivity contribution >= 4 is 22.6 Å². The number of fused-ring (bicyclic) bond motifs is 1. The maximum Gasteiger partial charge on any atom is 0.322 e. The van der Waals surface area contributed by atoms with Crippen LogP contribution in [0.25, 0.3) is 16.6 Å².